The molecule has 0 atom stereocenters. The molecule has 1 aromatic carbocycles. The SMILES string of the molecule is Cc1cccc(Nc2ccc(C(=O)NCc3ccccn3)nc2)c1. The Labute approximate surface area is 140 Å². The molecule has 0 radical (unpaired) electrons. The Balaban J connectivity index is 1.60. The summed E-state index contributed by atoms with van der Waals surface area (Å²) in [5, 5.41) is 6.07. The number of carbonyl (C=O) groups excluding carboxylic acids is 1. The van der Waals surface area contributed by atoms with E-state index in [2.05, 4.69) is 20.6 Å². The molecule has 1 amide bonds. The van der Waals surface area contributed by atoms with Crippen molar-refractivity contribution < 1.29 is 4.79 Å². The summed E-state index contributed by atoms with van der Waals surface area (Å²) in [7, 11) is 0. The van der Waals surface area contributed by atoms with E-state index in [1.807, 2.05) is 55.5 Å². The molecule has 24 heavy (non-hydrogen) atoms. The second-order valence-electron chi connectivity index (χ2n) is 5.43. The summed E-state index contributed by atoms with van der Waals surface area (Å²) in [6, 6.07) is 17.2. The van der Waals surface area contributed by atoms with Gasteiger partial charge in [-0.15, -0.1) is 0 Å². The van der Waals surface area contributed by atoms with Crippen molar-refractivity contribution in [3.63, 3.8) is 0 Å². The fourth-order valence-corrected chi connectivity index (χ4v) is 2.26. The number of aromatic nitrogens is 2. The average Bonchev–Trinajstić information content (AvgIpc) is 2.61. The van der Waals surface area contributed by atoms with E-state index in [0.29, 0.717) is 12.2 Å². The van der Waals surface area contributed by atoms with Gasteiger partial charge in [0.25, 0.3) is 5.91 Å². The topological polar surface area (TPSA) is 66.9 Å². The van der Waals surface area contributed by atoms with Crippen LogP contribution in [0.2, 0.25) is 0 Å². The van der Waals surface area contributed by atoms with Gasteiger partial charge in [0.2, 0.25) is 0 Å². The molecular weight excluding hydrogens is 300 g/mol. The molecule has 5 nitrogen and oxygen atoms in total. The van der Waals surface area contributed by atoms with Gasteiger partial charge in [-0.2, -0.15) is 0 Å². The first-order valence-electron chi connectivity index (χ1n) is 7.68. The Hall–Kier alpha value is -3.21. The summed E-state index contributed by atoms with van der Waals surface area (Å²) < 4.78 is 0. The molecule has 0 unspecified atom stereocenters. The lowest BCUT2D eigenvalue weighted by atomic mass is 10.2. The Bertz CT molecular complexity index is 816. The zero-order valence-corrected chi connectivity index (χ0v) is 13.4. The predicted octanol–water partition coefficient (Wildman–Crippen LogP) is 3.46. The van der Waals surface area contributed by atoms with Crippen LogP contribution >= 0.6 is 0 Å². The number of pyridine rings is 2. The molecule has 0 saturated carbocycles. The lowest BCUT2D eigenvalue weighted by molar-refractivity contribution is 0.0945. The van der Waals surface area contributed by atoms with Gasteiger partial charge in [-0.1, -0.05) is 18.2 Å². The lowest BCUT2D eigenvalue weighted by Crippen LogP contribution is -2.24. The van der Waals surface area contributed by atoms with Gasteiger partial charge in [0.15, 0.2) is 0 Å². The number of amides is 1. The summed E-state index contributed by atoms with van der Waals surface area (Å²) in [5.41, 5.74) is 4.19. The molecule has 2 N–H and O–H groups in total. The summed E-state index contributed by atoms with van der Waals surface area (Å²) in [6.07, 6.45) is 3.35. The van der Waals surface area contributed by atoms with Crippen LogP contribution < -0.4 is 10.6 Å². The van der Waals surface area contributed by atoms with Gasteiger partial charge < -0.3 is 10.6 Å². The minimum absolute atomic E-state index is 0.220. The third-order valence-corrected chi connectivity index (χ3v) is 3.46. The highest BCUT2D eigenvalue weighted by molar-refractivity contribution is 5.92. The van der Waals surface area contributed by atoms with Crippen LogP contribution in [-0.2, 0) is 6.54 Å². The van der Waals surface area contributed by atoms with Crippen LogP contribution in [0.4, 0.5) is 11.4 Å². The molecular formula is C19H18N4O. The molecule has 2 aromatic heterocycles. The van der Waals surface area contributed by atoms with E-state index in [4.69, 9.17) is 0 Å². The first-order chi connectivity index (χ1) is 11.7. The van der Waals surface area contributed by atoms with Gasteiger partial charge in [-0.3, -0.25) is 9.78 Å². The maximum Gasteiger partial charge on any atom is 0.270 e. The molecule has 2 heterocycles. The average molecular weight is 318 g/mol. The lowest BCUT2D eigenvalue weighted by Gasteiger charge is -2.08. The molecule has 3 aromatic rings. The van der Waals surface area contributed by atoms with Crippen molar-refractivity contribution in [2.24, 2.45) is 0 Å². The molecule has 120 valence electrons. The second kappa shape index (κ2) is 7.37. The standard InChI is InChI=1S/C19H18N4O/c1-14-5-4-7-15(11-14)23-17-8-9-18(21-13-17)19(24)22-12-16-6-2-3-10-20-16/h2-11,13,23H,12H2,1H3,(H,22,24). The molecule has 0 bridgehead atoms. The summed E-state index contributed by atoms with van der Waals surface area (Å²) in [5.74, 6) is -0.220. The number of carbonyl (C=O) groups is 1. The Kier molecular flexibility index (Phi) is 4.81. The highest BCUT2D eigenvalue weighted by Crippen LogP contribution is 2.16. The Morgan fingerprint density at radius 3 is 2.62 bits per heavy atom. The fourth-order valence-electron chi connectivity index (χ4n) is 2.26. The number of hydrogen-bond acceptors (Lipinski definition) is 4. The van der Waals surface area contributed by atoms with Crippen LogP contribution in [0.15, 0.2) is 67.0 Å². The van der Waals surface area contributed by atoms with Gasteiger partial charge >= 0.3 is 0 Å². The highest BCUT2D eigenvalue weighted by atomic mass is 16.1. The number of anilines is 2. The molecule has 0 spiro atoms. The summed E-state index contributed by atoms with van der Waals surface area (Å²) in [4.78, 5) is 20.5. The molecule has 0 fully saturated rings. The summed E-state index contributed by atoms with van der Waals surface area (Å²) >= 11 is 0. The number of benzene rings is 1. The van der Waals surface area contributed by atoms with Crippen molar-refractivity contribution in [2.45, 2.75) is 13.5 Å². The largest absolute Gasteiger partial charge is 0.354 e. The van der Waals surface area contributed by atoms with E-state index in [9.17, 15) is 4.79 Å². The summed E-state index contributed by atoms with van der Waals surface area (Å²) in [6.45, 7) is 2.42. The van der Waals surface area contributed by atoms with Crippen molar-refractivity contribution in [3.05, 3.63) is 83.9 Å². The third-order valence-electron chi connectivity index (χ3n) is 3.46. The van der Waals surface area contributed by atoms with Crippen molar-refractivity contribution in [3.8, 4) is 0 Å². The van der Waals surface area contributed by atoms with Gasteiger partial charge in [0, 0.05) is 11.9 Å². The minimum atomic E-state index is -0.220. The maximum atomic E-state index is 12.1. The molecule has 0 aliphatic carbocycles. The number of hydrogen-bond donors (Lipinski definition) is 2. The molecule has 5 heteroatoms. The van der Waals surface area contributed by atoms with Crippen LogP contribution in [0.3, 0.4) is 0 Å². The van der Waals surface area contributed by atoms with Crippen molar-refractivity contribution in [1.29, 1.82) is 0 Å². The number of aryl methyl sites for hydroxylation is 1. The first-order valence-corrected chi connectivity index (χ1v) is 7.68. The van der Waals surface area contributed by atoms with Gasteiger partial charge in [-0.25, -0.2) is 4.98 Å². The van der Waals surface area contributed by atoms with Crippen LogP contribution in [0.1, 0.15) is 21.7 Å². The van der Waals surface area contributed by atoms with E-state index in [0.717, 1.165) is 17.1 Å². The van der Waals surface area contributed by atoms with Crippen molar-refractivity contribution in [1.82, 2.24) is 15.3 Å². The Morgan fingerprint density at radius 1 is 1.00 bits per heavy atom. The van der Waals surface area contributed by atoms with Crippen LogP contribution in [-0.4, -0.2) is 15.9 Å². The van der Waals surface area contributed by atoms with E-state index < -0.39 is 0 Å². The van der Waals surface area contributed by atoms with E-state index in [1.165, 1.54) is 5.56 Å². The quantitative estimate of drug-likeness (QED) is 0.756. The molecule has 0 aliphatic rings. The number of nitrogens with zero attached hydrogens (tertiary/aromatic N) is 2. The zero-order valence-electron chi connectivity index (χ0n) is 13.4. The predicted molar refractivity (Wildman–Crippen MR) is 94.1 cm³/mol. The first kappa shape index (κ1) is 15.7. The van der Waals surface area contributed by atoms with Crippen LogP contribution in [0.5, 0.6) is 0 Å². The smallest absolute Gasteiger partial charge is 0.270 e. The van der Waals surface area contributed by atoms with Crippen LogP contribution in [0.25, 0.3) is 0 Å². The van der Waals surface area contributed by atoms with E-state index >= 15 is 0 Å². The van der Waals surface area contributed by atoms with E-state index in [1.54, 1.807) is 18.5 Å². The van der Waals surface area contributed by atoms with Gasteiger partial charge in [0.05, 0.1) is 24.1 Å². The monoisotopic (exact) mass is 318 g/mol. The second-order valence-corrected chi connectivity index (χ2v) is 5.43. The van der Waals surface area contributed by atoms with Gasteiger partial charge in [0.1, 0.15) is 5.69 Å². The molecule has 3 rings (SSSR count). The highest BCUT2D eigenvalue weighted by Gasteiger charge is 2.07. The molecule has 0 saturated heterocycles. The molecule has 0 aliphatic heterocycles. The minimum Gasteiger partial charge on any atom is -0.354 e. The van der Waals surface area contributed by atoms with Crippen molar-refractivity contribution in [2.75, 3.05) is 5.32 Å². The zero-order chi connectivity index (χ0) is 16.8. The normalized spacial score (nSPS) is 10.2. The number of nitrogens with one attached hydrogen (secondary N) is 2. The van der Waals surface area contributed by atoms with Crippen LogP contribution in [0, 0.1) is 6.92 Å². The van der Waals surface area contributed by atoms with Gasteiger partial charge in [-0.05, 0) is 48.9 Å². The maximum absolute atomic E-state index is 12.1. The fraction of sp³-hybridized carbons (Fsp3) is 0.105. The van der Waals surface area contributed by atoms with E-state index in [-0.39, 0.29) is 5.91 Å². The number of rotatable bonds is 5. The van der Waals surface area contributed by atoms with Crippen molar-refractivity contribution >= 4 is 17.3 Å². The third kappa shape index (κ3) is 4.16. The Morgan fingerprint density at radius 2 is 1.92 bits per heavy atom.